The molecule has 2 aromatic rings. The minimum absolute atomic E-state index is 0.0611. The third-order valence-corrected chi connectivity index (χ3v) is 16.1. The van der Waals surface area contributed by atoms with E-state index in [-0.39, 0.29) is 5.41 Å². The van der Waals surface area contributed by atoms with E-state index in [1.54, 1.807) is 12.1 Å². The molecular formula is C44H62N2O2. The van der Waals surface area contributed by atoms with Crippen LogP contribution in [0.1, 0.15) is 121 Å². The Morgan fingerprint density at radius 1 is 0.833 bits per heavy atom. The van der Waals surface area contributed by atoms with Crippen LogP contribution >= 0.6 is 0 Å². The number of para-hydroxylation sites is 1. The number of hydrogen-bond acceptors (Lipinski definition) is 3. The molecule has 4 nitrogen and oxygen atoms in total. The number of carboxylic acid groups (broad SMARTS) is 1. The van der Waals surface area contributed by atoms with Crippen molar-refractivity contribution in [3.05, 3.63) is 71.8 Å². The lowest BCUT2D eigenvalue weighted by Gasteiger charge is -2.72. The lowest BCUT2D eigenvalue weighted by molar-refractivity contribution is -0.222. The fourth-order valence-electron chi connectivity index (χ4n) is 13.5. The first kappa shape index (κ1) is 33.9. The minimum atomic E-state index is -0.849. The van der Waals surface area contributed by atoms with Gasteiger partial charge in [-0.3, -0.25) is 0 Å². The van der Waals surface area contributed by atoms with Gasteiger partial charge < -0.3 is 15.3 Å². The van der Waals surface area contributed by atoms with Gasteiger partial charge in [-0.15, -0.1) is 0 Å². The third kappa shape index (κ3) is 5.21. The summed E-state index contributed by atoms with van der Waals surface area (Å²) < 4.78 is 0. The Kier molecular flexibility index (Phi) is 8.70. The lowest BCUT2D eigenvalue weighted by atomic mass is 9.32. The van der Waals surface area contributed by atoms with Crippen LogP contribution in [-0.2, 0) is 0 Å². The molecular weight excluding hydrogens is 588 g/mol. The fourth-order valence-corrected chi connectivity index (χ4v) is 13.5. The monoisotopic (exact) mass is 650 g/mol. The van der Waals surface area contributed by atoms with E-state index in [0.29, 0.717) is 33.1 Å². The SMILES string of the molecule is CN(CCCNCC12CCCC1C1CCC3C4(C)CC=C(c5ccc(C(=O)O)cc5)C(C)(C)C4CCC3(C)[C@]1(C)CC2)c1ccccc1. The minimum Gasteiger partial charge on any atom is -0.478 e. The third-order valence-electron chi connectivity index (χ3n) is 16.1. The second-order valence-electron chi connectivity index (χ2n) is 18.2. The molecule has 4 saturated carbocycles. The summed E-state index contributed by atoms with van der Waals surface area (Å²) in [6.45, 7) is 16.6. The van der Waals surface area contributed by atoms with Crippen LogP contribution in [0.4, 0.5) is 5.69 Å². The van der Waals surface area contributed by atoms with Crippen LogP contribution in [0, 0.1) is 50.7 Å². The highest BCUT2D eigenvalue weighted by Gasteiger charge is 2.69. The molecule has 0 spiro atoms. The number of nitrogens with zero attached hydrogens (tertiary/aromatic N) is 1. The summed E-state index contributed by atoms with van der Waals surface area (Å²) in [5.41, 5.74) is 5.98. The van der Waals surface area contributed by atoms with Crippen molar-refractivity contribution >= 4 is 17.2 Å². The molecule has 48 heavy (non-hydrogen) atoms. The van der Waals surface area contributed by atoms with Gasteiger partial charge in [0.2, 0.25) is 0 Å². The number of aromatic carboxylic acids is 1. The largest absolute Gasteiger partial charge is 0.478 e. The van der Waals surface area contributed by atoms with Crippen molar-refractivity contribution in [1.29, 1.82) is 0 Å². The summed E-state index contributed by atoms with van der Waals surface area (Å²) in [7, 11) is 2.22. The Bertz CT molecular complexity index is 1510. The average Bonchev–Trinajstić information content (AvgIpc) is 3.49. The second kappa shape index (κ2) is 12.3. The summed E-state index contributed by atoms with van der Waals surface area (Å²) in [6, 6.07) is 18.5. The maximum absolute atomic E-state index is 11.5. The molecule has 5 aliphatic rings. The first-order chi connectivity index (χ1) is 22.9. The van der Waals surface area contributed by atoms with Crippen LogP contribution in [-0.4, -0.2) is 37.8 Å². The first-order valence-corrected chi connectivity index (χ1v) is 19.4. The number of anilines is 1. The summed E-state index contributed by atoms with van der Waals surface area (Å²) >= 11 is 0. The number of carboxylic acids is 1. The van der Waals surface area contributed by atoms with Crippen LogP contribution in [0.2, 0.25) is 0 Å². The first-order valence-electron chi connectivity index (χ1n) is 19.4. The zero-order valence-electron chi connectivity index (χ0n) is 30.8. The number of hydrogen-bond donors (Lipinski definition) is 2. The van der Waals surface area contributed by atoms with Crippen molar-refractivity contribution in [1.82, 2.24) is 5.32 Å². The molecule has 0 bridgehead atoms. The molecule has 0 aromatic heterocycles. The van der Waals surface area contributed by atoms with Gasteiger partial charge in [0.15, 0.2) is 0 Å². The summed E-state index contributed by atoms with van der Waals surface area (Å²) in [5.74, 6) is 2.28. The van der Waals surface area contributed by atoms with E-state index in [0.717, 1.165) is 37.3 Å². The van der Waals surface area contributed by atoms with Gasteiger partial charge in [-0.25, -0.2) is 4.79 Å². The maximum Gasteiger partial charge on any atom is 0.335 e. The van der Waals surface area contributed by atoms with Gasteiger partial charge in [0.1, 0.15) is 0 Å². The van der Waals surface area contributed by atoms with Crippen molar-refractivity contribution in [3.8, 4) is 0 Å². The highest BCUT2D eigenvalue weighted by molar-refractivity contribution is 5.88. The molecule has 4 heteroatoms. The topological polar surface area (TPSA) is 52.6 Å². The highest BCUT2D eigenvalue weighted by atomic mass is 16.4. The van der Waals surface area contributed by atoms with Crippen molar-refractivity contribution in [2.24, 2.45) is 50.7 Å². The van der Waals surface area contributed by atoms with E-state index >= 15 is 0 Å². The molecule has 5 aliphatic carbocycles. The van der Waals surface area contributed by atoms with E-state index in [4.69, 9.17) is 0 Å². The normalized spacial score (nSPS) is 38.2. The molecule has 2 N–H and O–H groups in total. The van der Waals surface area contributed by atoms with Gasteiger partial charge >= 0.3 is 5.97 Å². The van der Waals surface area contributed by atoms with Crippen LogP contribution in [0.25, 0.3) is 5.57 Å². The van der Waals surface area contributed by atoms with Gasteiger partial charge in [0, 0.05) is 25.8 Å². The van der Waals surface area contributed by atoms with Crippen molar-refractivity contribution < 1.29 is 9.90 Å². The fraction of sp³-hybridized carbons (Fsp3) is 0.659. The number of nitrogens with one attached hydrogen (secondary N) is 1. The number of fused-ring (bicyclic) bond motifs is 7. The molecule has 260 valence electrons. The number of allylic oxidation sites excluding steroid dienone is 2. The lowest BCUT2D eigenvalue weighted by Crippen LogP contribution is -2.65. The molecule has 0 heterocycles. The van der Waals surface area contributed by atoms with E-state index in [1.165, 1.54) is 87.6 Å². The quantitative estimate of drug-likeness (QED) is 0.265. The smallest absolute Gasteiger partial charge is 0.335 e. The van der Waals surface area contributed by atoms with E-state index < -0.39 is 5.97 Å². The molecule has 8 atom stereocenters. The Balaban J connectivity index is 1.06. The van der Waals surface area contributed by atoms with Gasteiger partial charge in [-0.05, 0) is 157 Å². The van der Waals surface area contributed by atoms with E-state index in [2.05, 4.69) is 88.3 Å². The van der Waals surface area contributed by atoms with E-state index in [9.17, 15) is 9.90 Å². The zero-order chi connectivity index (χ0) is 34.0. The highest BCUT2D eigenvalue weighted by Crippen LogP contribution is 2.77. The summed E-state index contributed by atoms with van der Waals surface area (Å²) in [4.78, 5) is 13.9. The Morgan fingerprint density at radius 3 is 2.31 bits per heavy atom. The zero-order valence-corrected chi connectivity index (χ0v) is 30.8. The predicted octanol–water partition coefficient (Wildman–Crippen LogP) is 10.3. The summed E-state index contributed by atoms with van der Waals surface area (Å²) in [6.07, 6.45) is 17.5. The second-order valence-corrected chi connectivity index (χ2v) is 18.2. The van der Waals surface area contributed by atoms with Crippen LogP contribution in [0.3, 0.4) is 0 Å². The van der Waals surface area contributed by atoms with Crippen molar-refractivity contribution in [2.45, 2.75) is 105 Å². The van der Waals surface area contributed by atoms with Crippen LogP contribution in [0.5, 0.6) is 0 Å². The molecule has 0 radical (unpaired) electrons. The van der Waals surface area contributed by atoms with Crippen molar-refractivity contribution in [3.63, 3.8) is 0 Å². The van der Waals surface area contributed by atoms with Crippen LogP contribution in [0.15, 0.2) is 60.7 Å². The predicted molar refractivity (Wildman–Crippen MR) is 199 cm³/mol. The van der Waals surface area contributed by atoms with Crippen molar-refractivity contribution in [2.75, 3.05) is 31.6 Å². The molecule has 4 fully saturated rings. The molecule has 0 amide bonds. The van der Waals surface area contributed by atoms with Gasteiger partial charge in [0.25, 0.3) is 0 Å². The molecule has 0 aliphatic heterocycles. The van der Waals surface area contributed by atoms with Crippen LogP contribution < -0.4 is 10.2 Å². The number of rotatable bonds is 9. The number of carbonyl (C=O) groups is 1. The van der Waals surface area contributed by atoms with Gasteiger partial charge in [0.05, 0.1) is 5.56 Å². The molecule has 0 saturated heterocycles. The average molecular weight is 651 g/mol. The Hall–Kier alpha value is -2.59. The molecule has 2 aromatic carbocycles. The number of benzene rings is 2. The Labute approximate surface area is 291 Å². The van der Waals surface area contributed by atoms with Gasteiger partial charge in [-0.2, -0.15) is 0 Å². The maximum atomic E-state index is 11.5. The summed E-state index contributed by atoms with van der Waals surface area (Å²) in [5, 5.41) is 13.5. The van der Waals surface area contributed by atoms with Gasteiger partial charge in [-0.1, -0.05) is 77.4 Å². The molecule has 7 rings (SSSR count). The standard InChI is InChI=1S/C44H62N2O2/c1-40(2)34(31-15-17-32(18-16-31)39(47)48)21-24-41(3)37(40)22-25-43(5)38(41)20-19-35-36-14-10-23-44(36,27-26-42(35,43)4)30-45-28-11-29-46(6)33-12-8-7-9-13-33/h7-9,12-13,15-18,21,35-38,45H,10-11,14,19-20,22-30H2,1-6H3,(H,47,48)/t35?,36?,37?,38?,41?,42-,43?,44?/m1/s1. The Morgan fingerprint density at radius 2 is 1.58 bits per heavy atom. The molecule has 7 unspecified atom stereocenters. The van der Waals surface area contributed by atoms with E-state index in [1.807, 2.05) is 12.1 Å².